The lowest BCUT2D eigenvalue weighted by atomic mass is 10.1. The summed E-state index contributed by atoms with van der Waals surface area (Å²) < 4.78 is 7.22. The van der Waals surface area contributed by atoms with Crippen LogP contribution in [0.4, 0.5) is 5.82 Å². The maximum absolute atomic E-state index is 12.0. The first-order valence-electron chi connectivity index (χ1n) is 7.84. The number of nitrogens with two attached hydrogens (primary N) is 1. The minimum Gasteiger partial charge on any atom is -0.494 e. The highest BCUT2D eigenvalue weighted by molar-refractivity contribution is 5.72. The lowest BCUT2D eigenvalue weighted by Gasteiger charge is -2.11. The van der Waals surface area contributed by atoms with E-state index in [9.17, 15) is 4.79 Å². The molecule has 3 rings (SSSR count). The Bertz CT molecular complexity index is 845. The molecule has 0 spiro atoms. The molecule has 0 radical (unpaired) electrons. The van der Waals surface area contributed by atoms with Gasteiger partial charge in [0.25, 0.3) is 0 Å². The van der Waals surface area contributed by atoms with Crippen LogP contribution in [0, 0.1) is 0 Å². The molecule has 3 aromatic rings. The van der Waals surface area contributed by atoms with Crippen LogP contribution < -0.4 is 16.2 Å². The second-order valence-corrected chi connectivity index (χ2v) is 5.40. The third kappa shape index (κ3) is 3.81. The van der Waals surface area contributed by atoms with E-state index >= 15 is 0 Å². The highest BCUT2D eigenvalue weighted by Crippen LogP contribution is 2.22. The van der Waals surface area contributed by atoms with Gasteiger partial charge in [0.05, 0.1) is 6.61 Å². The lowest BCUT2D eigenvalue weighted by Crippen LogP contribution is -2.25. The minimum absolute atomic E-state index is 0.253. The summed E-state index contributed by atoms with van der Waals surface area (Å²) in [5.41, 5.74) is 7.27. The molecule has 0 fully saturated rings. The molecule has 0 aliphatic heterocycles. The summed E-state index contributed by atoms with van der Waals surface area (Å²) in [6.45, 7) is 1.06. The smallest absolute Gasteiger partial charge is 0.349 e. The predicted octanol–water partition coefficient (Wildman–Crippen LogP) is 2.96. The zero-order valence-electron chi connectivity index (χ0n) is 13.3. The van der Waals surface area contributed by atoms with E-state index in [0.717, 1.165) is 16.9 Å². The Morgan fingerprint density at radius 1 is 1.00 bits per heavy atom. The molecule has 24 heavy (non-hydrogen) atoms. The van der Waals surface area contributed by atoms with E-state index in [1.54, 1.807) is 10.8 Å². The van der Waals surface area contributed by atoms with Crippen LogP contribution in [0.2, 0.25) is 0 Å². The van der Waals surface area contributed by atoms with Crippen molar-refractivity contribution in [1.29, 1.82) is 0 Å². The van der Waals surface area contributed by atoms with Crippen LogP contribution in [0.1, 0.15) is 6.42 Å². The first-order valence-corrected chi connectivity index (χ1v) is 7.84. The fourth-order valence-electron chi connectivity index (χ4n) is 2.45. The van der Waals surface area contributed by atoms with Gasteiger partial charge in [-0.05, 0) is 24.1 Å². The average Bonchev–Trinajstić information content (AvgIpc) is 2.62. The molecule has 0 amide bonds. The third-order valence-electron chi connectivity index (χ3n) is 3.66. The molecule has 5 heteroatoms. The van der Waals surface area contributed by atoms with Gasteiger partial charge in [0.1, 0.15) is 11.6 Å². The summed E-state index contributed by atoms with van der Waals surface area (Å²) in [6, 6.07) is 19.3. The van der Waals surface area contributed by atoms with Gasteiger partial charge >= 0.3 is 5.69 Å². The average molecular weight is 321 g/mol. The summed E-state index contributed by atoms with van der Waals surface area (Å²) >= 11 is 0. The molecule has 0 saturated carbocycles. The molecule has 0 bridgehead atoms. The highest BCUT2D eigenvalue weighted by Gasteiger charge is 2.08. The van der Waals surface area contributed by atoms with Crippen molar-refractivity contribution in [3.63, 3.8) is 0 Å². The van der Waals surface area contributed by atoms with E-state index in [-0.39, 0.29) is 11.5 Å². The van der Waals surface area contributed by atoms with Gasteiger partial charge in [-0.2, -0.15) is 4.98 Å². The Hall–Kier alpha value is -3.08. The number of nitrogens with zero attached hydrogens (tertiary/aromatic N) is 2. The Balaban J connectivity index is 1.68. The van der Waals surface area contributed by atoms with Crippen molar-refractivity contribution in [1.82, 2.24) is 9.55 Å². The monoisotopic (exact) mass is 321 g/mol. The van der Waals surface area contributed by atoms with Crippen molar-refractivity contribution in [3.05, 3.63) is 77.3 Å². The van der Waals surface area contributed by atoms with Crippen LogP contribution in [0.25, 0.3) is 11.1 Å². The molecular weight excluding hydrogens is 302 g/mol. The molecule has 1 aromatic heterocycles. The van der Waals surface area contributed by atoms with Crippen molar-refractivity contribution in [2.45, 2.75) is 13.0 Å². The first kappa shape index (κ1) is 15.8. The number of aromatic nitrogens is 2. The molecule has 2 N–H and O–H groups in total. The van der Waals surface area contributed by atoms with Crippen LogP contribution in [0.5, 0.6) is 5.75 Å². The molecule has 0 unspecified atom stereocenters. The minimum atomic E-state index is -0.341. The van der Waals surface area contributed by atoms with Crippen molar-refractivity contribution in [2.75, 3.05) is 12.3 Å². The van der Waals surface area contributed by atoms with Crippen molar-refractivity contribution in [3.8, 4) is 16.9 Å². The fraction of sp³-hybridized carbons (Fsp3) is 0.158. The lowest BCUT2D eigenvalue weighted by molar-refractivity contribution is 0.300. The first-order chi connectivity index (χ1) is 11.7. The second kappa shape index (κ2) is 7.46. The van der Waals surface area contributed by atoms with E-state index in [1.165, 1.54) is 0 Å². The number of anilines is 1. The van der Waals surface area contributed by atoms with Gasteiger partial charge in [0, 0.05) is 18.3 Å². The van der Waals surface area contributed by atoms with Gasteiger partial charge < -0.3 is 10.5 Å². The largest absolute Gasteiger partial charge is 0.494 e. The van der Waals surface area contributed by atoms with Gasteiger partial charge in [-0.3, -0.25) is 4.57 Å². The zero-order valence-corrected chi connectivity index (χ0v) is 13.3. The van der Waals surface area contributed by atoms with Crippen LogP contribution in [0.15, 0.2) is 71.7 Å². The van der Waals surface area contributed by atoms with Gasteiger partial charge in [0.15, 0.2) is 0 Å². The quantitative estimate of drug-likeness (QED) is 0.709. The maximum atomic E-state index is 12.0. The maximum Gasteiger partial charge on any atom is 0.349 e. The molecule has 0 saturated heterocycles. The zero-order chi connectivity index (χ0) is 16.8. The molecule has 5 nitrogen and oxygen atoms in total. The van der Waals surface area contributed by atoms with E-state index in [1.807, 2.05) is 60.7 Å². The van der Waals surface area contributed by atoms with Crippen molar-refractivity contribution >= 4 is 5.82 Å². The summed E-state index contributed by atoms with van der Waals surface area (Å²) in [7, 11) is 0. The SMILES string of the molecule is Nc1nc(=O)n(CCCOc2ccccc2)cc1-c1ccccc1. The van der Waals surface area contributed by atoms with Gasteiger partial charge in [-0.25, -0.2) is 4.79 Å². The number of para-hydroxylation sites is 1. The normalized spacial score (nSPS) is 10.5. The number of benzene rings is 2. The number of ether oxygens (including phenoxy) is 1. The summed E-state index contributed by atoms with van der Waals surface area (Å²) in [6.07, 6.45) is 2.47. The molecule has 2 aromatic carbocycles. The summed E-state index contributed by atoms with van der Waals surface area (Å²) in [4.78, 5) is 15.9. The fourth-order valence-corrected chi connectivity index (χ4v) is 2.45. The van der Waals surface area contributed by atoms with Crippen LogP contribution in [0.3, 0.4) is 0 Å². The Morgan fingerprint density at radius 3 is 2.38 bits per heavy atom. The summed E-state index contributed by atoms with van der Waals surface area (Å²) in [5, 5.41) is 0. The number of hydrogen-bond donors (Lipinski definition) is 1. The van der Waals surface area contributed by atoms with E-state index in [2.05, 4.69) is 4.98 Å². The molecule has 122 valence electrons. The van der Waals surface area contributed by atoms with Crippen molar-refractivity contribution < 1.29 is 4.74 Å². The number of nitrogen functional groups attached to an aromatic ring is 1. The van der Waals surface area contributed by atoms with Gasteiger partial charge in [0.2, 0.25) is 0 Å². The number of aryl methyl sites for hydroxylation is 1. The van der Waals surface area contributed by atoms with Crippen LogP contribution in [-0.2, 0) is 6.54 Å². The molecular formula is C19H19N3O2. The van der Waals surface area contributed by atoms with E-state index < -0.39 is 0 Å². The molecule has 0 atom stereocenters. The third-order valence-corrected chi connectivity index (χ3v) is 3.66. The highest BCUT2D eigenvalue weighted by atomic mass is 16.5. The Labute approximate surface area is 140 Å². The molecule has 1 heterocycles. The topological polar surface area (TPSA) is 70.1 Å². The van der Waals surface area contributed by atoms with Gasteiger partial charge in [-0.15, -0.1) is 0 Å². The number of rotatable bonds is 6. The molecule has 0 aliphatic rings. The van der Waals surface area contributed by atoms with Crippen molar-refractivity contribution in [2.24, 2.45) is 0 Å². The Morgan fingerprint density at radius 2 is 1.67 bits per heavy atom. The Kier molecular flexibility index (Phi) is 4.91. The van der Waals surface area contributed by atoms with Gasteiger partial charge in [-0.1, -0.05) is 48.5 Å². The van der Waals surface area contributed by atoms with Crippen LogP contribution in [-0.4, -0.2) is 16.2 Å². The number of hydrogen-bond acceptors (Lipinski definition) is 4. The van der Waals surface area contributed by atoms with E-state index in [4.69, 9.17) is 10.5 Å². The second-order valence-electron chi connectivity index (χ2n) is 5.40. The predicted molar refractivity (Wildman–Crippen MR) is 94.9 cm³/mol. The molecule has 0 aliphatic carbocycles. The summed E-state index contributed by atoms with van der Waals surface area (Å²) in [5.74, 6) is 1.08. The standard InChI is InChI=1S/C19H19N3O2/c20-18-17(15-8-3-1-4-9-15)14-22(19(23)21-18)12-7-13-24-16-10-5-2-6-11-16/h1-6,8-11,14H,7,12-13H2,(H2,20,21,23). The van der Waals surface area contributed by atoms with E-state index in [0.29, 0.717) is 19.6 Å². The van der Waals surface area contributed by atoms with Crippen LogP contribution >= 0.6 is 0 Å².